The van der Waals surface area contributed by atoms with Gasteiger partial charge in [-0.05, 0) is 134 Å². The first-order valence-corrected chi connectivity index (χ1v) is 34.1. The van der Waals surface area contributed by atoms with Crippen LogP contribution in [0.4, 0.5) is 5.82 Å². The molecule has 13 rings (SSSR count). The molecule has 2 aromatic rings. The largest absolute Gasteiger partial charge is 0.481 e. The maximum absolute atomic E-state index is 15.9. The molecule has 504 valence electrons. The Bertz CT molecular complexity index is 3100. The second-order valence-electron chi connectivity index (χ2n) is 31.2. The van der Waals surface area contributed by atoms with Gasteiger partial charge in [0.2, 0.25) is 5.91 Å². The van der Waals surface area contributed by atoms with Gasteiger partial charge in [-0.15, -0.1) is 0 Å². The summed E-state index contributed by atoms with van der Waals surface area (Å²) in [5, 5.41) is 123. The minimum Gasteiger partial charge on any atom is -0.481 e. The second-order valence-corrected chi connectivity index (χ2v) is 31.2. The molecule has 0 radical (unpaired) electrons. The number of carbonyl (C=O) groups is 2. The quantitative estimate of drug-likeness (QED) is 0.0284. The van der Waals surface area contributed by atoms with Crippen LogP contribution in [0.3, 0.4) is 0 Å². The Labute approximate surface area is 533 Å². The summed E-state index contributed by atoms with van der Waals surface area (Å²) in [5.41, 5.74) is 7.34. The molecule has 6 saturated carbocycles. The smallest absolute Gasteiger partial charge is 0.310 e. The molecule has 91 heavy (non-hydrogen) atoms. The van der Waals surface area contributed by atoms with Crippen molar-refractivity contribution < 1.29 is 65.0 Å². The van der Waals surface area contributed by atoms with Crippen molar-refractivity contribution in [3.8, 4) is 0 Å². The summed E-state index contributed by atoms with van der Waals surface area (Å²) in [4.78, 5) is 50.8. The average Bonchev–Trinajstić information content (AvgIpc) is 0.723. The summed E-state index contributed by atoms with van der Waals surface area (Å²) in [5.74, 6) is -4.85. The van der Waals surface area contributed by atoms with Crippen LogP contribution in [0.2, 0.25) is 0 Å². The maximum Gasteiger partial charge on any atom is 0.310 e. The van der Waals surface area contributed by atoms with Gasteiger partial charge in [-0.25, -0.2) is 9.97 Å². The number of aliphatic imine (C=N–C) groups is 1. The standard InChI is InChI=1S/C67H103N11O13/c1-60(30-79)20-21-65(58(88)89)39(25-60)37-12-13-44-62(3,63(37,4)38-24-41-55(77-33-75-41)74-27-40(38)65)18-15-43-61(2,31-80)53(91-56-50(84)48(82)42(81)29-90-56)49(83)46(67(43,44)34-10-6-7-11-34)35-14-19-66(45-28-72-32-76-45,51-47(35)64(57(87)78-51)16-8-9-17-64)52(85)36(54(68)86)26-71-22-23-73-59(69)70-5/h12,14,19,28,32-36,38-40,42-44,46-54,56,71,74,79-86H,6-11,13,15-18,20-27,29-31,68H2,1-5H3,(H,72,76)(H,75,77)(H,78,87)(H,88,89)(H3,69,70,73). The Balaban J connectivity index is 1.05. The number of allylic oxidation sites excluding steroid dienone is 3. The van der Waals surface area contributed by atoms with Crippen molar-refractivity contribution in [2.24, 2.45) is 114 Å². The topological polar surface area (TPSA) is 405 Å². The van der Waals surface area contributed by atoms with Gasteiger partial charge in [0.25, 0.3) is 0 Å². The van der Waals surface area contributed by atoms with Crippen LogP contribution < -0.4 is 32.7 Å². The number of H-pyrrole nitrogens is 2. The van der Waals surface area contributed by atoms with Gasteiger partial charge in [-0.2, -0.15) is 0 Å². The lowest BCUT2D eigenvalue weighted by atomic mass is 9.27. The molecule has 24 heteroatoms. The molecule has 19 N–H and O–H groups in total. The second kappa shape index (κ2) is 23.7. The zero-order chi connectivity index (χ0) is 64.6. The first-order valence-electron chi connectivity index (χ1n) is 34.1. The molecule has 24 nitrogen and oxygen atoms in total. The SMILES string of the molecule is CN=C(N)NCCNCC(C(N)O)C(O)C1(c2cnc[nH]2)C=CC(C2C(O)C(OC3OCC(O)C(O)C3O)C(C)(CO)C3CCC4(C)C(CC=C5C6CC(C)(CO)CCC6(C(=O)O)C6CNc7nc[nH]c7CC6C54C)C23C2CCCC2)C2C1NC(=O)C21CCCC1. The molecular weight excluding hydrogens is 1170 g/mol. The highest BCUT2D eigenvalue weighted by atomic mass is 16.7. The van der Waals surface area contributed by atoms with E-state index in [2.05, 4.69) is 74.1 Å². The number of imidazole rings is 2. The van der Waals surface area contributed by atoms with E-state index in [-0.39, 0.29) is 55.3 Å². The molecule has 8 aliphatic carbocycles. The molecule has 25 atom stereocenters. The molecule has 5 heterocycles. The van der Waals surface area contributed by atoms with Crippen molar-refractivity contribution in [3.63, 3.8) is 0 Å². The summed E-state index contributed by atoms with van der Waals surface area (Å²) in [6.07, 6.45) is 9.16. The Morgan fingerprint density at radius 2 is 1.67 bits per heavy atom. The van der Waals surface area contributed by atoms with E-state index >= 15 is 4.79 Å². The molecule has 11 aliphatic rings. The van der Waals surface area contributed by atoms with E-state index < -0.39 is 147 Å². The van der Waals surface area contributed by atoms with E-state index in [1.165, 1.54) is 6.33 Å². The third-order valence-electron chi connectivity index (χ3n) is 28.0. The van der Waals surface area contributed by atoms with Crippen LogP contribution in [-0.4, -0.2) is 192 Å². The molecule has 2 saturated heterocycles. The third kappa shape index (κ3) is 9.19. The summed E-state index contributed by atoms with van der Waals surface area (Å²) < 4.78 is 13.2. The fourth-order valence-electron chi connectivity index (χ4n) is 23.6. The number of amides is 1. The number of aliphatic carboxylic acids is 1. The highest BCUT2D eigenvalue weighted by Crippen LogP contribution is 2.82. The number of hydrogen-bond donors (Lipinski definition) is 17. The zero-order valence-electron chi connectivity index (χ0n) is 53.6. The van der Waals surface area contributed by atoms with E-state index in [9.17, 15) is 50.8 Å². The predicted octanol–water partition coefficient (Wildman–Crippen LogP) is 1.75. The molecule has 25 unspecified atom stereocenters. The van der Waals surface area contributed by atoms with Crippen molar-refractivity contribution in [1.29, 1.82) is 0 Å². The van der Waals surface area contributed by atoms with Crippen LogP contribution in [0, 0.1) is 97.1 Å². The number of rotatable bonds is 16. The van der Waals surface area contributed by atoms with E-state index in [1.54, 1.807) is 19.6 Å². The summed E-state index contributed by atoms with van der Waals surface area (Å²) in [7, 11) is 1.58. The lowest BCUT2D eigenvalue weighted by Gasteiger charge is -2.77. The number of nitrogens with one attached hydrogen (secondary N) is 6. The van der Waals surface area contributed by atoms with Gasteiger partial charge >= 0.3 is 5.97 Å². The number of carbonyl (C=O) groups excluding carboxylic acids is 1. The van der Waals surface area contributed by atoms with Crippen molar-refractivity contribution in [2.75, 3.05) is 58.4 Å². The molecule has 1 spiro atoms. The van der Waals surface area contributed by atoms with Crippen LogP contribution in [0.15, 0.2) is 47.6 Å². The maximum atomic E-state index is 15.9. The predicted molar refractivity (Wildman–Crippen MR) is 335 cm³/mol. The number of aromatic nitrogens is 4. The Hall–Kier alpha value is -4.57. The number of hydrogen-bond acceptors (Lipinski definition) is 18. The number of carboxylic acids is 1. The Morgan fingerprint density at radius 1 is 0.912 bits per heavy atom. The van der Waals surface area contributed by atoms with E-state index in [0.29, 0.717) is 83.1 Å². The van der Waals surface area contributed by atoms with Gasteiger partial charge in [0.1, 0.15) is 30.4 Å². The number of anilines is 1. The Morgan fingerprint density at radius 3 is 2.35 bits per heavy atom. The van der Waals surface area contributed by atoms with Crippen molar-refractivity contribution in [1.82, 2.24) is 35.9 Å². The average molecular weight is 1270 g/mol. The van der Waals surface area contributed by atoms with E-state index in [0.717, 1.165) is 55.6 Å². The Kier molecular flexibility index (Phi) is 16.9. The zero-order valence-corrected chi connectivity index (χ0v) is 53.6. The first kappa shape index (κ1) is 65.1. The monoisotopic (exact) mass is 1270 g/mol. The van der Waals surface area contributed by atoms with E-state index in [4.69, 9.17) is 25.9 Å². The van der Waals surface area contributed by atoms with Gasteiger partial charge < -0.3 is 98.1 Å². The van der Waals surface area contributed by atoms with E-state index in [1.807, 2.05) is 13.0 Å². The van der Waals surface area contributed by atoms with Crippen LogP contribution in [-0.2, 0) is 30.9 Å². The van der Waals surface area contributed by atoms with Crippen molar-refractivity contribution in [3.05, 3.63) is 54.0 Å². The fraction of sp³-hybridized carbons (Fsp3) is 0.806. The lowest BCUT2D eigenvalue weighted by Crippen LogP contribution is -2.77. The number of nitrogens with two attached hydrogens (primary N) is 2. The van der Waals surface area contributed by atoms with Crippen LogP contribution >= 0.6 is 0 Å². The van der Waals surface area contributed by atoms with Crippen LogP contribution in [0.25, 0.3) is 0 Å². The number of ether oxygens (including phenoxy) is 2. The minimum absolute atomic E-state index is 0.0573. The molecule has 2 aromatic heterocycles. The number of nitrogens with zero attached hydrogens (tertiary/aromatic N) is 3. The van der Waals surface area contributed by atoms with Gasteiger partial charge in [-0.1, -0.05) is 77.2 Å². The van der Waals surface area contributed by atoms with Crippen molar-refractivity contribution >= 4 is 23.7 Å². The third-order valence-corrected chi connectivity index (χ3v) is 28.0. The number of aliphatic hydroxyl groups excluding tert-OH is 8. The first-order chi connectivity index (χ1) is 43.4. The number of aliphatic hydroxyl groups is 8. The fourth-order valence-corrected chi connectivity index (χ4v) is 23.6. The molecule has 0 bridgehead atoms. The van der Waals surface area contributed by atoms with Gasteiger partial charge in [0, 0.05) is 74.9 Å². The molecular formula is C67H103N11O13. The summed E-state index contributed by atoms with van der Waals surface area (Å²) in [6.45, 7) is 9.30. The highest BCUT2D eigenvalue weighted by Gasteiger charge is 2.81. The summed E-state index contributed by atoms with van der Waals surface area (Å²) >= 11 is 0. The van der Waals surface area contributed by atoms with Gasteiger partial charge in [0.15, 0.2) is 12.2 Å². The molecule has 0 aromatic carbocycles. The number of guanidine groups is 1. The lowest BCUT2D eigenvalue weighted by molar-refractivity contribution is -0.354. The number of fused-ring (bicyclic) bond motifs is 13. The number of aromatic amines is 2. The normalized spacial score (nSPS) is 46.0. The van der Waals surface area contributed by atoms with Crippen molar-refractivity contribution in [2.45, 2.75) is 185 Å². The highest BCUT2D eigenvalue weighted by molar-refractivity contribution is 5.87. The molecule has 8 fully saturated rings. The summed E-state index contributed by atoms with van der Waals surface area (Å²) in [6, 6.07) is -0.883. The van der Waals surface area contributed by atoms with Crippen LogP contribution in [0.1, 0.15) is 129 Å². The van der Waals surface area contributed by atoms with Crippen LogP contribution in [0.5, 0.6) is 0 Å². The molecule has 1 amide bonds. The molecule has 3 aliphatic heterocycles. The van der Waals surface area contributed by atoms with Gasteiger partial charge in [0.05, 0.1) is 72.2 Å². The minimum atomic E-state index is -1.72. The van der Waals surface area contributed by atoms with Gasteiger partial charge in [-0.3, -0.25) is 14.6 Å². The number of carboxylic acid groups (broad SMARTS) is 1.